The van der Waals surface area contributed by atoms with Gasteiger partial charge in [-0.3, -0.25) is 0 Å². The first-order valence-electron chi connectivity index (χ1n) is 7.44. The van der Waals surface area contributed by atoms with E-state index >= 15 is 0 Å². The lowest BCUT2D eigenvalue weighted by atomic mass is 9.76. The van der Waals surface area contributed by atoms with Crippen LogP contribution in [0.3, 0.4) is 0 Å². The van der Waals surface area contributed by atoms with E-state index < -0.39 is 0 Å². The molecule has 20 heavy (non-hydrogen) atoms. The first kappa shape index (κ1) is 16.1. The van der Waals surface area contributed by atoms with Gasteiger partial charge in [0.1, 0.15) is 0 Å². The molecule has 0 bridgehead atoms. The molecule has 1 aliphatic rings. The normalized spacial score (nSPS) is 24.2. The van der Waals surface area contributed by atoms with Crippen LogP contribution in [0.2, 0.25) is 5.15 Å². The lowest BCUT2D eigenvalue weighted by molar-refractivity contribution is 0.214. The first-order valence-corrected chi connectivity index (χ1v) is 8.61. The predicted molar refractivity (Wildman–Crippen MR) is 90.4 cm³/mol. The lowest BCUT2D eigenvalue weighted by Gasteiger charge is -2.29. The molecule has 2 atom stereocenters. The number of rotatable bonds is 2. The van der Waals surface area contributed by atoms with Crippen molar-refractivity contribution < 1.29 is 0 Å². The van der Waals surface area contributed by atoms with Crippen molar-refractivity contribution >= 4 is 33.2 Å². The molecule has 112 valence electrons. The summed E-state index contributed by atoms with van der Waals surface area (Å²) in [7, 11) is 0. The van der Waals surface area contributed by atoms with Crippen molar-refractivity contribution in [3.8, 4) is 0 Å². The maximum atomic E-state index is 6.16. The molecule has 2 nitrogen and oxygen atoms in total. The third-order valence-corrected chi connectivity index (χ3v) is 5.09. The fraction of sp³-hybridized carbons (Fsp3) is 0.688. The van der Waals surface area contributed by atoms with Gasteiger partial charge in [0.25, 0.3) is 0 Å². The Morgan fingerprint density at radius 3 is 2.70 bits per heavy atom. The molecule has 0 saturated heterocycles. The van der Waals surface area contributed by atoms with Crippen LogP contribution < -0.4 is 5.32 Å². The summed E-state index contributed by atoms with van der Waals surface area (Å²) >= 11 is 9.61. The number of aromatic nitrogens is 1. The monoisotopic (exact) mass is 358 g/mol. The van der Waals surface area contributed by atoms with Crippen molar-refractivity contribution in [2.45, 2.75) is 58.9 Å². The van der Waals surface area contributed by atoms with Crippen LogP contribution in [0, 0.1) is 11.3 Å². The van der Waals surface area contributed by atoms with E-state index in [1.807, 2.05) is 6.07 Å². The number of pyridine rings is 1. The zero-order valence-corrected chi connectivity index (χ0v) is 14.9. The molecule has 4 heteroatoms. The number of nitrogens with zero attached hydrogens (tertiary/aromatic N) is 1. The summed E-state index contributed by atoms with van der Waals surface area (Å²) in [6, 6.07) is 2.53. The molecule has 0 aliphatic heterocycles. The van der Waals surface area contributed by atoms with Crippen molar-refractivity contribution in [2.75, 3.05) is 5.32 Å². The van der Waals surface area contributed by atoms with E-state index in [-0.39, 0.29) is 0 Å². The summed E-state index contributed by atoms with van der Waals surface area (Å²) in [6.45, 7) is 7.08. The highest BCUT2D eigenvalue weighted by Gasteiger charge is 2.27. The highest BCUT2D eigenvalue weighted by atomic mass is 79.9. The van der Waals surface area contributed by atoms with Crippen LogP contribution in [-0.4, -0.2) is 11.0 Å². The minimum atomic E-state index is 0.421. The van der Waals surface area contributed by atoms with Crippen LogP contribution in [0.25, 0.3) is 0 Å². The van der Waals surface area contributed by atoms with Gasteiger partial charge in [-0.1, -0.05) is 38.8 Å². The summed E-state index contributed by atoms with van der Waals surface area (Å²) in [4.78, 5) is 4.18. The quantitative estimate of drug-likeness (QED) is 0.525. The average molecular weight is 360 g/mol. The van der Waals surface area contributed by atoms with Gasteiger partial charge in [0.05, 0.1) is 5.69 Å². The van der Waals surface area contributed by atoms with Crippen molar-refractivity contribution in [2.24, 2.45) is 11.3 Å². The third-order valence-electron chi connectivity index (χ3n) is 4.36. The number of halogens is 2. The average Bonchev–Trinajstić information content (AvgIpc) is 2.59. The lowest BCUT2D eigenvalue weighted by Crippen LogP contribution is -2.21. The smallest absolute Gasteiger partial charge is 0.152 e. The third kappa shape index (κ3) is 4.36. The van der Waals surface area contributed by atoms with E-state index in [1.165, 1.54) is 32.1 Å². The van der Waals surface area contributed by atoms with Gasteiger partial charge >= 0.3 is 0 Å². The Balaban J connectivity index is 1.99. The summed E-state index contributed by atoms with van der Waals surface area (Å²) < 4.78 is 0.964. The molecule has 2 rings (SSSR count). The van der Waals surface area contributed by atoms with Crippen LogP contribution in [0.4, 0.5) is 5.69 Å². The van der Waals surface area contributed by atoms with Crippen molar-refractivity contribution in [3.63, 3.8) is 0 Å². The molecular weight excluding hydrogens is 336 g/mol. The summed E-state index contributed by atoms with van der Waals surface area (Å²) in [5, 5.41) is 4.14. The molecule has 1 aromatic rings. The van der Waals surface area contributed by atoms with Gasteiger partial charge in [0.2, 0.25) is 0 Å². The number of anilines is 1. The number of hydrogen-bond acceptors (Lipinski definition) is 2. The van der Waals surface area contributed by atoms with E-state index in [9.17, 15) is 0 Å². The van der Waals surface area contributed by atoms with Crippen molar-refractivity contribution in [1.82, 2.24) is 4.98 Å². The Labute approximate surface area is 135 Å². The van der Waals surface area contributed by atoms with E-state index in [1.54, 1.807) is 6.20 Å². The molecule has 2 unspecified atom stereocenters. The number of hydrogen-bond donors (Lipinski definition) is 1. The largest absolute Gasteiger partial charge is 0.380 e. The molecular formula is C16H24BrClN2. The molecule has 0 spiro atoms. The van der Waals surface area contributed by atoms with Crippen LogP contribution in [0.15, 0.2) is 16.7 Å². The Kier molecular flexibility index (Phi) is 5.36. The van der Waals surface area contributed by atoms with Gasteiger partial charge < -0.3 is 5.32 Å². The van der Waals surface area contributed by atoms with E-state index in [0.717, 1.165) is 16.1 Å². The minimum Gasteiger partial charge on any atom is -0.380 e. The van der Waals surface area contributed by atoms with Crippen LogP contribution in [0.1, 0.15) is 52.9 Å². The summed E-state index contributed by atoms with van der Waals surface area (Å²) in [6.07, 6.45) is 8.08. The fourth-order valence-electron chi connectivity index (χ4n) is 3.06. The standard InChI is InChI=1S/C16H24BrClN2/c1-16(2,3)11-5-4-6-13(8-7-11)20-14-9-12(17)10-19-15(14)18/h9-11,13,20H,4-8H2,1-3H3. The van der Waals surface area contributed by atoms with Crippen LogP contribution >= 0.6 is 27.5 Å². The fourth-order valence-corrected chi connectivity index (χ4v) is 3.54. The molecule has 1 aromatic heterocycles. The molecule has 1 heterocycles. The highest BCUT2D eigenvalue weighted by molar-refractivity contribution is 9.10. The van der Waals surface area contributed by atoms with E-state index in [0.29, 0.717) is 16.6 Å². The molecule has 1 saturated carbocycles. The van der Waals surface area contributed by atoms with Gasteiger partial charge in [0, 0.05) is 16.7 Å². The summed E-state index contributed by atoms with van der Waals surface area (Å²) in [5.74, 6) is 0.824. The molecule has 1 aliphatic carbocycles. The van der Waals surface area contributed by atoms with Gasteiger partial charge in [-0.25, -0.2) is 4.98 Å². The summed E-state index contributed by atoms with van der Waals surface area (Å²) in [5.41, 5.74) is 1.37. The zero-order chi connectivity index (χ0) is 14.8. The highest BCUT2D eigenvalue weighted by Crippen LogP contribution is 2.37. The molecule has 0 amide bonds. The molecule has 1 fully saturated rings. The number of nitrogens with one attached hydrogen (secondary N) is 1. The Bertz CT molecular complexity index is 456. The zero-order valence-electron chi connectivity index (χ0n) is 12.5. The maximum Gasteiger partial charge on any atom is 0.152 e. The Hall–Kier alpha value is -0.280. The van der Waals surface area contributed by atoms with Crippen LogP contribution in [-0.2, 0) is 0 Å². The van der Waals surface area contributed by atoms with E-state index in [4.69, 9.17) is 11.6 Å². The maximum absolute atomic E-state index is 6.16. The van der Waals surface area contributed by atoms with Crippen molar-refractivity contribution in [3.05, 3.63) is 21.9 Å². The van der Waals surface area contributed by atoms with E-state index in [2.05, 4.69) is 47.0 Å². The molecule has 0 aromatic carbocycles. The second-order valence-corrected chi connectivity index (χ2v) is 8.18. The van der Waals surface area contributed by atoms with Gasteiger partial charge in [-0.15, -0.1) is 0 Å². The second-order valence-electron chi connectivity index (χ2n) is 6.90. The Morgan fingerprint density at radius 1 is 1.25 bits per heavy atom. The predicted octanol–water partition coefficient (Wildman–Crippen LogP) is 5.90. The van der Waals surface area contributed by atoms with Gasteiger partial charge in [0.15, 0.2) is 5.15 Å². The Morgan fingerprint density at radius 2 is 2.00 bits per heavy atom. The first-order chi connectivity index (χ1) is 9.36. The minimum absolute atomic E-state index is 0.421. The van der Waals surface area contributed by atoms with Gasteiger partial charge in [-0.05, 0) is 59.0 Å². The second kappa shape index (κ2) is 6.65. The van der Waals surface area contributed by atoms with Gasteiger partial charge in [-0.2, -0.15) is 0 Å². The topological polar surface area (TPSA) is 24.9 Å². The SMILES string of the molecule is CC(C)(C)C1CCCC(Nc2cc(Br)cnc2Cl)CC1. The molecule has 1 N–H and O–H groups in total. The van der Waals surface area contributed by atoms with Crippen LogP contribution in [0.5, 0.6) is 0 Å². The molecule has 0 radical (unpaired) electrons. The van der Waals surface area contributed by atoms with Crippen molar-refractivity contribution in [1.29, 1.82) is 0 Å².